The van der Waals surface area contributed by atoms with E-state index in [9.17, 15) is 35.2 Å². The van der Waals surface area contributed by atoms with Crippen LogP contribution in [0.4, 0.5) is 22.0 Å². The molecule has 0 unspecified atom stereocenters. The molecule has 6 nitrogen and oxygen atoms in total. The van der Waals surface area contributed by atoms with Crippen LogP contribution in [0.2, 0.25) is 0 Å². The van der Waals surface area contributed by atoms with Gasteiger partial charge in [-0.15, -0.1) is 0 Å². The average Bonchev–Trinajstić information content (AvgIpc) is 3.23. The summed E-state index contributed by atoms with van der Waals surface area (Å²) in [4.78, 5) is 14.1. The van der Waals surface area contributed by atoms with E-state index in [2.05, 4.69) is 0 Å². The van der Waals surface area contributed by atoms with E-state index in [0.717, 1.165) is 11.2 Å². The summed E-state index contributed by atoms with van der Waals surface area (Å²) in [6.07, 6.45) is -6.79. The normalized spacial score (nSPS) is 23.0. The van der Waals surface area contributed by atoms with E-state index in [1.165, 1.54) is 30.1 Å². The first-order valence-electron chi connectivity index (χ1n) is 11.1. The van der Waals surface area contributed by atoms with Crippen LogP contribution in [0.15, 0.2) is 23.1 Å². The number of halogens is 5. The average molecular weight is 513 g/mol. The molecular formula is C22H29F5N2O4S. The van der Waals surface area contributed by atoms with E-state index in [4.69, 9.17) is 4.74 Å². The summed E-state index contributed by atoms with van der Waals surface area (Å²) < 4.78 is 99.2. The van der Waals surface area contributed by atoms with Gasteiger partial charge in [0, 0.05) is 32.5 Å². The van der Waals surface area contributed by atoms with Crippen LogP contribution >= 0.6 is 0 Å². The van der Waals surface area contributed by atoms with Crippen LogP contribution in [0.3, 0.4) is 0 Å². The van der Waals surface area contributed by atoms with Gasteiger partial charge >= 0.3 is 6.18 Å². The van der Waals surface area contributed by atoms with Gasteiger partial charge in [0.25, 0.3) is 0 Å². The van der Waals surface area contributed by atoms with Crippen molar-refractivity contribution in [2.75, 3.05) is 13.6 Å². The van der Waals surface area contributed by atoms with Gasteiger partial charge in [-0.3, -0.25) is 4.79 Å². The third-order valence-corrected chi connectivity index (χ3v) is 8.47. The maximum absolute atomic E-state index is 13.5. The highest BCUT2D eigenvalue weighted by molar-refractivity contribution is 7.89. The van der Waals surface area contributed by atoms with E-state index in [0.29, 0.717) is 12.0 Å². The maximum atomic E-state index is 13.5. The monoisotopic (exact) mass is 512 g/mol. The number of hydrogen-bond acceptors (Lipinski definition) is 4. The number of nitrogens with zero attached hydrogens (tertiary/aromatic N) is 2. The Labute approximate surface area is 196 Å². The lowest BCUT2D eigenvalue weighted by Gasteiger charge is -2.37. The molecule has 0 spiro atoms. The molecule has 1 aliphatic carbocycles. The number of amides is 1. The SMILES string of the molecule is Cc1ccc(S(=O)(=O)N2CCC[C@H]2C(=O)N(C)C2CCC(F)(F)CC2)c(O[C@H](C)C(F)(F)F)c1. The number of alkyl halides is 5. The van der Waals surface area contributed by atoms with Crippen molar-refractivity contribution in [1.29, 1.82) is 0 Å². The highest BCUT2D eigenvalue weighted by atomic mass is 32.2. The molecule has 1 amide bonds. The van der Waals surface area contributed by atoms with Gasteiger partial charge in [0.05, 0.1) is 0 Å². The fourth-order valence-electron chi connectivity index (χ4n) is 4.41. The van der Waals surface area contributed by atoms with Crippen LogP contribution in [-0.4, -0.2) is 67.4 Å². The number of carbonyl (C=O) groups excluding carboxylic acids is 1. The second-order valence-corrected chi connectivity index (χ2v) is 10.9. The van der Waals surface area contributed by atoms with Crippen LogP contribution in [0.5, 0.6) is 5.75 Å². The molecule has 0 radical (unpaired) electrons. The minimum Gasteiger partial charge on any atom is -0.480 e. The summed E-state index contributed by atoms with van der Waals surface area (Å²) >= 11 is 0. The molecule has 1 aromatic rings. The summed E-state index contributed by atoms with van der Waals surface area (Å²) in [5, 5.41) is 0. The molecular weight excluding hydrogens is 483 g/mol. The predicted molar refractivity (Wildman–Crippen MR) is 114 cm³/mol. The molecule has 2 aliphatic rings. The fourth-order valence-corrected chi connectivity index (χ4v) is 6.16. The molecule has 1 saturated carbocycles. The summed E-state index contributed by atoms with van der Waals surface area (Å²) in [7, 11) is -2.90. The van der Waals surface area contributed by atoms with E-state index in [1.54, 1.807) is 6.92 Å². The topological polar surface area (TPSA) is 66.9 Å². The van der Waals surface area contributed by atoms with Gasteiger partial charge in [0.2, 0.25) is 21.9 Å². The van der Waals surface area contributed by atoms with E-state index in [-0.39, 0.29) is 38.6 Å². The Bertz CT molecular complexity index is 1010. The number of rotatable bonds is 6. The maximum Gasteiger partial charge on any atom is 0.425 e. The largest absolute Gasteiger partial charge is 0.480 e. The first kappa shape index (κ1) is 26.7. The van der Waals surface area contributed by atoms with Crippen molar-refractivity contribution in [3.63, 3.8) is 0 Å². The smallest absolute Gasteiger partial charge is 0.425 e. The van der Waals surface area contributed by atoms with Crippen molar-refractivity contribution in [1.82, 2.24) is 9.21 Å². The second-order valence-electron chi connectivity index (χ2n) is 9.06. The Kier molecular flexibility index (Phi) is 7.52. The van der Waals surface area contributed by atoms with Gasteiger partial charge in [-0.05, 0) is 57.2 Å². The zero-order valence-electron chi connectivity index (χ0n) is 19.2. The Hall–Kier alpha value is -1.95. The third-order valence-electron chi connectivity index (χ3n) is 6.52. The molecule has 3 rings (SSSR count). The van der Waals surface area contributed by atoms with Crippen LogP contribution in [0.1, 0.15) is 51.0 Å². The Morgan fingerprint density at radius 3 is 2.41 bits per heavy atom. The molecule has 34 heavy (non-hydrogen) atoms. The van der Waals surface area contributed by atoms with Crippen molar-refractivity contribution in [3.8, 4) is 5.75 Å². The first-order valence-corrected chi connectivity index (χ1v) is 12.6. The van der Waals surface area contributed by atoms with Gasteiger partial charge < -0.3 is 9.64 Å². The first-order chi connectivity index (χ1) is 15.6. The van der Waals surface area contributed by atoms with Crippen molar-refractivity contribution >= 4 is 15.9 Å². The van der Waals surface area contributed by atoms with Gasteiger partial charge in [-0.1, -0.05) is 6.07 Å². The van der Waals surface area contributed by atoms with Crippen molar-refractivity contribution in [2.24, 2.45) is 0 Å². The molecule has 2 atom stereocenters. The minimum atomic E-state index is -4.70. The molecule has 192 valence electrons. The number of benzene rings is 1. The Balaban J connectivity index is 1.85. The van der Waals surface area contributed by atoms with Crippen LogP contribution in [0.25, 0.3) is 0 Å². The zero-order valence-corrected chi connectivity index (χ0v) is 20.1. The number of sulfonamides is 1. The summed E-state index contributed by atoms with van der Waals surface area (Å²) in [6, 6.07) is 2.35. The minimum absolute atomic E-state index is 0.0114. The van der Waals surface area contributed by atoms with Gasteiger partial charge in [-0.2, -0.15) is 17.5 Å². The number of likely N-dealkylation sites (N-methyl/N-ethyl adjacent to an activating group) is 1. The number of hydrogen-bond donors (Lipinski definition) is 0. The van der Waals surface area contributed by atoms with Crippen LogP contribution < -0.4 is 4.74 Å². The standard InChI is InChI=1S/C22H29F5N2O4S/c1-14-6-7-19(18(13-14)33-15(2)22(25,26)27)34(31,32)29-12-4-5-17(29)20(30)28(3)16-8-10-21(23,24)11-9-16/h6-7,13,15-17H,4-5,8-12H2,1-3H3/t15-,17+/m1/s1. The molecule has 0 N–H and O–H groups in total. The number of aryl methyl sites for hydroxylation is 1. The van der Waals surface area contributed by atoms with Crippen LogP contribution in [0, 0.1) is 6.92 Å². The molecule has 1 heterocycles. The molecule has 0 aromatic heterocycles. The highest BCUT2D eigenvalue weighted by Gasteiger charge is 2.45. The van der Waals surface area contributed by atoms with E-state index < -0.39 is 56.9 Å². The molecule has 1 aromatic carbocycles. The summed E-state index contributed by atoms with van der Waals surface area (Å²) in [5.74, 6) is -3.71. The van der Waals surface area contributed by atoms with Crippen molar-refractivity contribution in [3.05, 3.63) is 23.8 Å². The molecule has 1 saturated heterocycles. The summed E-state index contributed by atoms with van der Waals surface area (Å²) in [6.45, 7) is 2.38. The Morgan fingerprint density at radius 1 is 1.21 bits per heavy atom. The lowest BCUT2D eigenvalue weighted by atomic mass is 9.91. The fraction of sp³-hybridized carbons (Fsp3) is 0.682. The van der Waals surface area contributed by atoms with Gasteiger partial charge in [0.1, 0.15) is 16.7 Å². The van der Waals surface area contributed by atoms with E-state index in [1.807, 2.05) is 0 Å². The second kappa shape index (κ2) is 9.60. The lowest BCUT2D eigenvalue weighted by Crippen LogP contribution is -2.50. The molecule has 12 heteroatoms. The lowest BCUT2D eigenvalue weighted by molar-refractivity contribution is -0.189. The number of carbonyl (C=O) groups is 1. The predicted octanol–water partition coefficient (Wildman–Crippen LogP) is 4.51. The molecule has 0 bridgehead atoms. The van der Waals surface area contributed by atoms with Gasteiger partial charge in [-0.25, -0.2) is 17.2 Å². The molecule has 2 fully saturated rings. The number of ether oxygens (including phenoxy) is 1. The van der Waals surface area contributed by atoms with E-state index >= 15 is 0 Å². The van der Waals surface area contributed by atoms with Gasteiger partial charge in [0.15, 0.2) is 6.10 Å². The third kappa shape index (κ3) is 5.64. The molecule has 1 aliphatic heterocycles. The summed E-state index contributed by atoms with van der Waals surface area (Å²) in [5.41, 5.74) is 0.506. The highest BCUT2D eigenvalue weighted by Crippen LogP contribution is 2.37. The Morgan fingerprint density at radius 2 is 1.82 bits per heavy atom. The van der Waals surface area contributed by atoms with Crippen molar-refractivity contribution < 1.29 is 39.9 Å². The van der Waals surface area contributed by atoms with Crippen molar-refractivity contribution in [2.45, 2.75) is 87.6 Å². The quantitative estimate of drug-likeness (QED) is 0.526. The van der Waals surface area contributed by atoms with Crippen LogP contribution in [-0.2, 0) is 14.8 Å². The zero-order chi connectivity index (χ0) is 25.5.